The molecule has 0 radical (unpaired) electrons. The van der Waals surface area contributed by atoms with Gasteiger partial charge in [-0.15, -0.1) is 0 Å². The number of allylic oxidation sites excluding steroid dienone is 1. The average Bonchev–Trinajstić information content (AvgIpc) is 1.88. The number of aliphatic carboxylic acids is 1. The van der Waals surface area contributed by atoms with Crippen LogP contribution in [0, 0.1) is 0 Å². The molecule has 0 aliphatic heterocycles. The number of carboxylic acid groups (broad SMARTS) is 1. The van der Waals surface area contributed by atoms with Gasteiger partial charge >= 0.3 is 67.1 Å². The van der Waals surface area contributed by atoms with Gasteiger partial charge in [0.1, 0.15) is 0 Å². The number of hydrogen-bond acceptors (Lipinski definition) is 2. The second-order valence-electron chi connectivity index (χ2n) is 1.65. The van der Waals surface area contributed by atoms with E-state index in [0.717, 1.165) is 17.7 Å². The summed E-state index contributed by atoms with van der Waals surface area (Å²) in [6, 6.07) is 0. The minimum atomic E-state index is -1.39. The van der Waals surface area contributed by atoms with Crippen LogP contribution in [0.25, 0.3) is 0 Å². The minimum absolute atomic E-state index is 0.777. The van der Waals surface area contributed by atoms with Gasteiger partial charge in [-0.05, 0) is 0 Å². The maximum absolute atomic E-state index is 10.3. The summed E-state index contributed by atoms with van der Waals surface area (Å²) < 4.78 is 0. The van der Waals surface area contributed by atoms with E-state index in [1.54, 1.807) is 22.9 Å². The molecule has 1 unspecified atom stereocenters. The summed E-state index contributed by atoms with van der Waals surface area (Å²) in [7, 11) is 0. The molecule has 1 N–H and O–H groups in total. The van der Waals surface area contributed by atoms with Gasteiger partial charge in [-0.1, -0.05) is 0 Å². The van der Waals surface area contributed by atoms with Gasteiger partial charge in [0.15, 0.2) is 0 Å². The van der Waals surface area contributed by atoms with Crippen molar-refractivity contribution >= 4 is 28.6 Å². The van der Waals surface area contributed by atoms with Crippen molar-refractivity contribution in [1.82, 2.24) is 0 Å². The molecular weight excluding hydrogens is 195 g/mol. The third-order valence-corrected chi connectivity index (χ3v) is 1.51. The van der Waals surface area contributed by atoms with Crippen molar-refractivity contribution in [2.75, 3.05) is 0 Å². The maximum atomic E-state index is 10.3. The molecular formula is C6H9AsO3. The summed E-state index contributed by atoms with van der Waals surface area (Å²) in [5.74, 6) is -2.24. The molecule has 0 rings (SSSR count). The third-order valence-electron chi connectivity index (χ3n) is 0.813. The van der Waals surface area contributed by atoms with Crippen molar-refractivity contribution in [2.24, 2.45) is 0 Å². The van der Waals surface area contributed by atoms with Gasteiger partial charge in [0, 0.05) is 0 Å². The van der Waals surface area contributed by atoms with Crippen LogP contribution in [-0.2, 0) is 9.59 Å². The summed E-state index contributed by atoms with van der Waals surface area (Å²) in [4.78, 5) is 20.2. The predicted octanol–water partition coefficient (Wildman–Crippen LogP) is -0.362. The molecule has 0 aromatic heterocycles. The molecule has 56 valence electrons. The van der Waals surface area contributed by atoms with Crippen LogP contribution in [0.3, 0.4) is 0 Å². The number of ketones is 1. The Labute approximate surface area is 67.6 Å². The molecule has 0 aliphatic rings. The van der Waals surface area contributed by atoms with Crippen LogP contribution in [-0.4, -0.2) is 33.7 Å². The van der Waals surface area contributed by atoms with Crippen molar-refractivity contribution in [1.29, 1.82) is 0 Å². The van der Waals surface area contributed by atoms with Gasteiger partial charge < -0.3 is 0 Å². The molecule has 0 fully saturated rings. The molecule has 0 heterocycles. The molecule has 0 aromatic rings. The normalized spacial score (nSPS) is 10.1. The Morgan fingerprint density at radius 1 is 1.50 bits per heavy atom. The Balaban J connectivity index is 3.67. The Hall–Kier alpha value is -0.562. The molecule has 10 heavy (non-hydrogen) atoms. The van der Waals surface area contributed by atoms with Gasteiger partial charge in [-0.3, -0.25) is 0 Å². The fourth-order valence-electron chi connectivity index (χ4n) is 0.358. The molecule has 0 saturated carbocycles. The molecule has 0 aliphatic carbocycles. The molecule has 3 nitrogen and oxygen atoms in total. The standard InChI is InChI=1S/C6H9AsO3/c7-4-2-1-3-5(8)6(9)10/h1,3H,2,4,7H2,(H,9,10). The van der Waals surface area contributed by atoms with Gasteiger partial charge in [0.2, 0.25) is 0 Å². The first kappa shape index (κ1) is 9.44. The first-order valence-corrected chi connectivity index (χ1v) is 4.53. The molecule has 0 saturated heterocycles. The molecule has 0 spiro atoms. The van der Waals surface area contributed by atoms with Crippen molar-refractivity contribution in [2.45, 2.75) is 11.6 Å². The SMILES string of the molecule is O=C(O)C(=O)C=CCC[AsH2]. The summed E-state index contributed by atoms with van der Waals surface area (Å²) in [5, 5.41) is 9.07. The Morgan fingerprint density at radius 2 is 2.10 bits per heavy atom. The van der Waals surface area contributed by atoms with E-state index in [1.807, 2.05) is 0 Å². The van der Waals surface area contributed by atoms with Crippen LogP contribution >= 0.6 is 0 Å². The van der Waals surface area contributed by atoms with Crippen molar-refractivity contribution in [3.05, 3.63) is 12.2 Å². The van der Waals surface area contributed by atoms with Crippen LogP contribution in [0.4, 0.5) is 0 Å². The van der Waals surface area contributed by atoms with E-state index in [-0.39, 0.29) is 0 Å². The fourth-order valence-corrected chi connectivity index (χ4v) is 0.762. The average molecular weight is 204 g/mol. The zero-order chi connectivity index (χ0) is 7.98. The molecule has 4 heteroatoms. The van der Waals surface area contributed by atoms with Gasteiger partial charge in [-0.25, -0.2) is 0 Å². The van der Waals surface area contributed by atoms with E-state index in [1.165, 1.54) is 0 Å². The van der Waals surface area contributed by atoms with E-state index in [9.17, 15) is 9.59 Å². The van der Waals surface area contributed by atoms with Gasteiger partial charge in [-0.2, -0.15) is 0 Å². The van der Waals surface area contributed by atoms with Gasteiger partial charge in [0.05, 0.1) is 0 Å². The summed E-state index contributed by atoms with van der Waals surface area (Å²) in [5.41, 5.74) is 0. The fraction of sp³-hybridized carbons (Fsp3) is 0.333. The van der Waals surface area contributed by atoms with Crippen molar-refractivity contribution in [3.8, 4) is 0 Å². The zero-order valence-corrected chi connectivity index (χ0v) is 7.83. The number of carbonyl (C=O) groups is 2. The van der Waals surface area contributed by atoms with Crippen LogP contribution in [0.1, 0.15) is 6.42 Å². The van der Waals surface area contributed by atoms with Crippen LogP contribution < -0.4 is 0 Å². The second-order valence-corrected chi connectivity index (χ2v) is 2.86. The Bertz CT molecular complexity index is 162. The molecule has 0 bridgehead atoms. The third kappa shape index (κ3) is 4.33. The van der Waals surface area contributed by atoms with E-state index >= 15 is 0 Å². The summed E-state index contributed by atoms with van der Waals surface area (Å²) in [6.07, 6.45) is 3.46. The first-order valence-electron chi connectivity index (χ1n) is 2.82. The number of carboxylic acids is 1. The van der Waals surface area contributed by atoms with E-state index < -0.39 is 11.8 Å². The number of carbonyl (C=O) groups excluding carboxylic acids is 1. The number of rotatable bonds is 4. The molecule has 0 aromatic carbocycles. The van der Waals surface area contributed by atoms with Crippen molar-refractivity contribution in [3.63, 3.8) is 0 Å². The van der Waals surface area contributed by atoms with Crippen LogP contribution in [0.2, 0.25) is 5.21 Å². The summed E-state index contributed by atoms with van der Waals surface area (Å²) in [6.45, 7) is 0. The topological polar surface area (TPSA) is 54.4 Å². The first-order chi connectivity index (χ1) is 4.68. The predicted molar refractivity (Wildman–Crippen MR) is 39.8 cm³/mol. The quantitative estimate of drug-likeness (QED) is 0.386. The molecule has 0 amide bonds. The van der Waals surface area contributed by atoms with Crippen LogP contribution in [0.15, 0.2) is 12.2 Å². The Morgan fingerprint density at radius 3 is 2.50 bits per heavy atom. The van der Waals surface area contributed by atoms with E-state index in [0.29, 0.717) is 0 Å². The monoisotopic (exact) mass is 204 g/mol. The van der Waals surface area contributed by atoms with E-state index in [4.69, 9.17) is 5.11 Å². The van der Waals surface area contributed by atoms with E-state index in [2.05, 4.69) is 0 Å². The number of hydrogen-bond donors (Lipinski definition) is 1. The van der Waals surface area contributed by atoms with Crippen LogP contribution in [0.5, 0.6) is 0 Å². The zero-order valence-electron chi connectivity index (χ0n) is 5.41. The second kappa shape index (κ2) is 5.24. The Kier molecular flexibility index (Phi) is 4.95. The molecule has 1 atom stereocenters. The van der Waals surface area contributed by atoms with Crippen molar-refractivity contribution < 1.29 is 14.7 Å². The summed E-state index contributed by atoms with van der Waals surface area (Å²) >= 11 is 1.56. The van der Waals surface area contributed by atoms with Gasteiger partial charge in [0.25, 0.3) is 0 Å².